The van der Waals surface area contributed by atoms with Crippen LogP contribution in [0.25, 0.3) is 0 Å². The zero-order chi connectivity index (χ0) is 9.26. The van der Waals surface area contributed by atoms with Crippen molar-refractivity contribution in [2.75, 3.05) is 0 Å². The molecule has 13 heavy (non-hydrogen) atoms. The largest absolute Gasteiger partial charge is 0.0882 e. The second-order valence-corrected chi connectivity index (χ2v) is 5.18. The summed E-state index contributed by atoms with van der Waals surface area (Å²) in [4.78, 5) is 0. The van der Waals surface area contributed by atoms with E-state index in [-0.39, 0.29) is 0 Å². The van der Waals surface area contributed by atoms with E-state index in [0.29, 0.717) is 0 Å². The van der Waals surface area contributed by atoms with E-state index in [2.05, 4.69) is 26.0 Å². The summed E-state index contributed by atoms with van der Waals surface area (Å²) in [7, 11) is 0. The van der Waals surface area contributed by atoms with Gasteiger partial charge in [0, 0.05) is 0 Å². The zero-order valence-corrected chi connectivity index (χ0v) is 9.00. The van der Waals surface area contributed by atoms with Gasteiger partial charge in [-0.1, -0.05) is 32.4 Å². The number of rotatable bonds is 1. The number of fused-ring (bicyclic) bond motifs is 1. The van der Waals surface area contributed by atoms with Crippen molar-refractivity contribution in [1.82, 2.24) is 0 Å². The van der Waals surface area contributed by atoms with Crippen LogP contribution in [0, 0.1) is 23.7 Å². The maximum Gasteiger partial charge on any atom is -0.0174 e. The van der Waals surface area contributed by atoms with Crippen molar-refractivity contribution in [3.8, 4) is 0 Å². The highest BCUT2D eigenvalue weighted by Crippen LogP contribution is 2.43. The van der Waals surface area contributed by atoms with Crippen LogP contribution in [0.5, 0.6) is 0 Å². The van der Waals surface area contributed by atoms with Crippen LogP contribution in [0.15, 0.2) is 12.2 Å². The lowest BCUT2D eigenvalue weighted by Crippen LogP contribution is -2.31. The summed E-state index contributed by atoms with van der Waals surface area (Å²) in [5, 5.41) is 0. The topological polar surface area (TPSA) is 0 Å². The van der Waals surface area contributed by atoms with Gasteiger partial charge in [0.2, 0.25) is 0 Å². The molecule has 0 spiro atoms. The fourth-order valence-electron chi connectivity index (χ4n) is 3.33. The molecule has 2 rings (SSSR count). The molecule has 3 atom stereocenters. The van der Waals surface area contributed by atoms with Crippen LogP contribution in [0.1, 0.15) is 46.0 Å². The Morgan fingerprint density at radius 2 is 2.00 bits per heavy atom. The van der Waals surface area contributed by atoms with E-state index >= 15 is 0 Å². The average molecular weight is 178 g/mol. The Morgan fingerprint density at radius 1 is 1.15 bits per heavy atom. The van der Waals surface area contributed by atoms with Gasteiger partial charge in [0.1, 0.15) is 0 Å². The van der Waals surface area contributed by atoms with Gasteiger partial charge >= 0.3 is 0 Å². The Kier molecular flexibility index (Phi) is 2.76. The van der Waals surface area contributed by atoms with Crippen LogP contribution in [-0.2, 0) is 0 Å². The molecule has 2 aliphatic carbocycles. The molecule has 1 saturated carbocycles. The van der Waals surface area contributed by atoms with Gasteiger partial charge in [-0.3, -0.25) is 0 Å². The minimum atomic E-state index is 0.885. The third-order valence-electron chi connectivity index (χ3n) is 4.07. The quantitative estimate of drug-likeness (QED) is 0.532. The predicted octanol–water partition coefficient (Wildman–Crippen LogP) is 4.02. The third-order valence-corrected chi connectivity index (χ3v) is 4.07. The molecule has 0 aromatic heterocycles. The summed E-state index contributed by atoms with van der Waals surface area (Å²) < 4.78 is 0. The molecule has 0 bridgehead atoms. The molecule has 2 aliphatic rings. The van der Waals surface area contributed by atoms with E-state index in [1.807, 2.05) is 0 Å². The SMILES string of the molecule is CC(C)C1CCCC2CCC=CC21. The fraction of sp³-hybridized carbons (Fsp3) is 0.846. The molecule has 0 nitrogen and oxygen atoms in total. The molecule has 0 aromatic rings. The molecule has 0 N–H and O–H groups in total. The van der Waals surface area contributed by atoms with Crippen molar-refractivity contribution in [1.29, 1.82) is 0 Å². The second-order valence-electron chi connectivity index (χ2n) is 5.18. The minimum absolute atomic E-state index is 0.885. The molecular formula is C13H22. The number of hydrogen-bond acceptors (Lipinski definition) is 0. The number of hydrogen-bond donors (Lipinski definition) is 0. The van der Waals surface area contributed by atoms with E-state index in [1.54, 1.807) is 0 Å². The van der Waals surface area contributed by atoms with Crippen LogP contribution in [0.2, 0.25) is 0 Å². The lowest BCUT2D eigenvalue weighted by molar-refractivity contribution is 0.138. The van der Waals surface area contributed by atoms with Gasteiger partial charge in [-0.05, 0) is 49.4 Å². The van der Waals surface area contributed by atoms with Crippen molar-refractivity contribution in [2.24, 2.45) is 23.7 Å². The maximum atomic E-state index is 2.53. The Morgan fingerprint density at radius 3 is 2.77 bits per heavy atom. The smallest absolute Gasteiger partial charge is 0.0174 e. The predicted molar refractivity (Wildman–Crippen MR) is 57.5 cm³/mol. The van der Waals surface area contributed by atoms with Gasteiger partial charge < -0.3 is 0 Å². The van der Waals surface area contributed by atoms with Gasteiger partial charge in [-0.2, -0.15) is 0 Å². The first-order valence-electron chi connectivity index (χ1n) is 5.95. The first-order chi connectivity index (χ1) is 6.29. The fourth-order valence-corrected chi connectivity index (χ4v) is 3.33. The van der Waals surface area contributed by atoms with Crippen molar-refractivity contribution < 1.29 is 0 Å². The molecule has 0 amide bonds. The van der Waals surface area contributed by atoms with Crippen LogP contribution >= 0.6 is 0 Å². The maximum absolute atomic E-state index is 2.53. The summed E-state index contributed by atoms with van der Waals surface area (Å²) in [5.74, 6) is 3.83. The van der Waals surface area contributed by atoms with Gasteiger partial charge in [0.25, 0.3) is 0 Å². The highest BCUT2D eigenvalue weighted by molar-refractivity contribution is 5.01. The third kappa shape index (κ3) is 1.82. The summed E-state index contributed by atoms with van der Waals surface area (Å²) in [6, 6.07) is 0. The van der Waals surface area contributed by atoms with Crippen LogP contribution in [0.4, 0.5) is 0 Å². The number of allylic oxidation sites excluding steroid dienone is 2. The first kappa shape index (κ1) is 9.30. The second kappa shape index (κ2) is 3.86. The molecule has 0 heteroatoms. The Labute approximate surface area is 82.4 Å². The van der Waals surface area contributed by atoms with Crippen LogP contribution in [0.3, 0.4) is 0 Å². The van der Waals surface area contributed by atoms with Crippen molar-refractivity contribution in [3.63, 3.8) is 0 Å². The molecule has 3 unspecified atom stereocenters. The summed E-state index contributed by atoms with van der Waals surface area (Å²) in [6.07, 6.45) is 12.2. The zero-order valence-electron chi connectivity index (χ0n) is 9.00. The van der Waals surface area contributed by atoms with E-state index in [9.17, 15) is 0 Å². The molecular weight excluding hydrogens is 156 g/mol. The summed E-state index contributed by atoms with van der Waals surface area (Å²) in [5.41, 5.74) is 0. The van der Waals surface area contributed by atoms with E-state index in [1.165, 1.54) is 32.1 Å². The van der Waals surface area contributed by atoms with Gasteiger partial charge in [-0.25, -0.2) is 0 Å². The Hall–Kier alpha value is -0.260. The highest BCUT2D eigenvalue weighted by atomic mass is 14.4. The summed E-state index contributed by atoms with van der Waals surface area (Å²) in [6.45, 7) is 4.80. The molecule has 0 radical (unpaired) electrons. The van der Waals surface area contributed by atoms with E-state index in [0.717, 1.165) is 23.7 Å². The summed E-state index contributed by atoms with van der Waals surface area (Å²) >= 11 is 0. The average Bonchev–Trinajstić information content (AvgIpc) is 2.17. The van der Waals surface area contributed by atoms with E-state index in [4.69, 9.17) is 0 Å². The van der Waals surface area contributed by atoms with E-state index < -0.39 is 0 Å². The molecule has 74 valence electrons. The van der Waals surface area contributed by atoms with Crippen molar-refractivity contribution in [2.45, 2.75) is 46.0 Å². The first-order valence-corrected chi connectivity index (χ1v) is 5.95. The van der Waals surface area contributed by atoms with Crippen LogP contribution in [-0.4, -0.2) is 0 Å². The molecule has 0 saturated heterocycles. The lowest BCUT2D eigenvalue weighted by atomic mass is 9.65. The van der Waals surface area contributed by atoms with Crippen LogP contribution < -0.4 is 0 Å². The lowest BCUT2D eigenvalue weighted by Gasteiger charge is -2.40. The molecule has 0 aliphatic heterocycles. The van der Waals surface area contributed by atoms with Gasteiger partial charge in [-0.15, -0.1) is 0 Å². The molecule has 0 heterocycles. The van der Waals surface area contributed by atoms with Crippen molar-refractivity contribution in [3.05, 3.63) is 12.2 Å². The van der Waals surface area contributed by atoms with Crippen molar-refractivity contribution >= 4 is 0 Å². The van der Waals surface area contributed by atoms with Gasteiger partial charge in [0.05, 0.1) is 0 Å². The Balaban J connectivity index is 2.10. The highest BCUT2D eigenvalue weighted by Gasteiger charge is 2.33. The minimum Gasteiger partial charge on any atom is -0.0882 e. The normalized spacial score (nSPS) is 39.2. The monoisotopic (exact) mass is 178 g/mol. The standard InChI is InChI=1S/C13H22/c1-10(2)12-9-5-7-11-6-3-4-8-13(11)12/h4,8,10-13H,3,5-7,9H2,1-2H3. The van der Waals surface area contributed by atoms with Gasteiger partial charge in [0.15, 0.2) is 0 Å². The Bertz CT molecular complexity index is 190. The molecule has 0 aromatic carbocycles. The molecule has 1 fully saturated rings.